The summed E-state index contributed by atoms with van der Waals surface area (Å²) in [6.07, 6.45) is 0. The van der Waals surface area contributed by atoms with E-state index in [9.17, 15) is 4.79 Å². The highest BCUT2D eigenvalue weighted by Crippen LogP contribution is 2.32. The van der Waals surface area contributed by atoms with Crippen molar-refractivity contribution in [2.75, 3.05) is 18.5 Å². The number of carbonyl (C=O) groups excluding carboxylic acids is 1. The van der Waals surface area contributed by atoms with Gasteiger partial charge < -0.3 is 14.8 Å². The molecular formula is C18H19NO3. The summed E-state index contributed by atoms with van der Waals surface area (Å²) in [6, 6.07) is 9.40. The van der Waals surface area contributed by atoms with Gasteiger partial charge in [0.1, 0.15) is 13.2 Å². The predicted molar refractivity (Wildman–Crippen MR) is 86.0 cm³/mol. The zero-order valence-electron chi connectivity index (χ0n) is 13.0. The molecule has 4 nitrogen and oxygen atoms in total. The summed E-state index contributed by atoms with van der Waals surface area (Å²) in [5.41, 5.74) is 4.66. The van der Waals surface area contributed by atoms with Crippen molar-refractivity contribution in [1.29, 1.82) is 0 Å². The Labute approximate surface area is 130 Å². The minimum atomic E-state index is -0.114. The maximum Gasteiger partial charge on any atom is 0.255 e. The molecule has 0 fully saturated rings. The quantitative estimate of drug-likeness (QED) is 0.920. The first-order valence-electron chi connectivity index (χ1n) is 7.33. The maximum atomic E-state index is 12.5. The van der Waals surface area contributed by atoms with Gasteiger partial charge in [-0.2, -0.15) is 0 Å². The molecule has 0 saturated heterocycles. The molecule has 1 amide bonds. The zero-order valence-corrected chi connectivity index (χ0v) is 13.0. The fraction of sp³-hybridized carbons (Fsp3) is 0.278. The van der Waals surface area contributed by atoms with Gasteiger partial charge in [0.25, 0.3) is 5.91 Å². The Bertz CT molecular complexity index is 737. The van der Waals surface area contributed by atoms with Gasteiger partial charge in [-0.25, -0.2) is 0 Å². The Hall–Kier alpha value is -2.49. The van der Waals surface area contributed by atoms with E-state index in [1.807, 2.05) is 45.0 Å². The Morgan fingerprint density at radius 3 is 2.36 bits per heavy atom. The highest BCUT2D eigenvalue weighted by molar-refractivity contribution is 6.05. The van der Waals surface area contributed by atoms with E-state index in [4.69, 9.17) is 9.47 Å². The fourth-order valence-electron chi connectivity index (χ4n) is 2.52. The first kappa shape index (κ1) is 14.4. The van der Waals surface area contributed by atoms with Gasteiger partial charge >= 0.3 is 0 Å². The van der Waals surface area contributed by atoms with Crippen LogP contribution in [-0.2, 0) is 0 Å². The van der Waals surface area contributed by atoms with Crippen LogP contribution in [0.1, 0.15) is 27.0 Å². The van der Waals surface area contributed by atoms with Gasteiger partial charge in [0.05, 0.1) is 0 Å². The molecular weight excluding hydrogens is 278 g/mol. The van der Waals surface area contributed by atoms with Crippen molar-refractivity contribution >= 4 is 11.6 Å². The van der Waals surface area contributed by atoms with Crippen molar-refractivity contribution in [2.45, 2.75) is 20.8 Å². The van der Waals surface area contributed by atoms with Gasteiger partial charge in [0.15, 0.2) is 11.5 Å². The van der Waals surface area contributed by atoms with Gasteiger partial charge in [0, 0.05) is 17.3 Å². The lowest BCUT2D eigenvalue weighted by molar-refractivity contribution is 0.102. The Morgan fingerprint density at radius 2 is 1.59 bits per heavy atom. The number of amides is 1. The second kappa shape index (κ2) is 5.72. The van der Waals surface area contributed by atoms with Crippen molar-refractivity contribution in [1.82, 2.24) is 0 Å². The summed E-state index contributed by atoms with van der Waals surface area (Å²) < 4.78 is 11.0. The average molecular weight is 297 g/mol. The van der Waals surface area contributed by atoms with Gasteiger partial charge in [-0.3, -0.25) is 4.79 Å². The van der Waals surface area contributed by atoms with Crippen LogP contribution in [0.3, 0.4) is 0 Å². The molecule has 2 aromatic carbocycles. The SMILES string of the molecule is Cc1cc(C)c(C(=O)Nc2ccc3c(c2)OCCO3)cc1C. The van der Waals surface area contributed by atoms with Crippen molar-refractivity contribution in [3.63, 3.8) is 0 Å². The molecule has 0 aliphatic carbocycles. The first-order chi connectivity index (χ1) is 10.5. The Kier molecular flexibility index (Phi) is 3.75. The van der Waals surface area contributed by atoms with E-state index in [0.29, 0.717) is 36.0 Å². The summed E-state index contributed by atoms with van der Waals surface area (Å²) in [4.78, 5) is 12.5. The van der Waals surface area contributed by atoms with Crippen LogP contribution >= 0.6 is 0 Å². The van der Waals surface area contributed by atoms with E-state index >= 15 is 0 Å². The molecule has 1 aliphatic rings. The predicted octanol–water partition coefficient (Wildman–Crippen LogP) is 3.64. The maximum absolute atomic E-state index is 12.5. The fourth-order valence-corrected chi connectivity index (χ4v) is 2.52. The van der Waals surface area contributed by atoms with Crippen LogP contribution in [0.15, 0.2) is 30.3 Å². The first-order valence-corrected chi connectivity index (χ1v) is 7.33. The van der Waals surface area contributed by atoms with Gasteiger partial charge in [-0.05, 0) is 55.7 Å². The number of hydrogen-bond donors (Lipinski definition) is 1. The lowest BCUT2D eigenvalue weighted by atomic mass is 10.0. The third kappa shape index (κ3) is 2.77. The van der Waals surface area contributed by atoms with E-state index in [-0.39, 0.29) is 5.91 Å². The summed E-state index contributed by atoms with van der Waals surface area (Å²) >= 11 is 0. The monoisotopic (exact) mass is 297 g/mol. The minimum absolute atomic E-state index is 0.114. The smallest absolute Gasteiger partial charge is 0.255 e. The second-order valence-corrected chi connectivity index (χ2v) is 5.56. The van der Waals surface area contributed by atoms with E-state index in [1.54, 1.807) is 6.07 Å². The summed E-state index contributed by atoms with van der Waals surface area (Å²) in [7, 11) is 0. The Balaban J connectivity index is 1.84. The number of hydrogen-bond acceptors (Lipinski definition) is 3. The van der Waals surface area contributed by atoms with E-state index < -0.39 is 0 Å². The lowest BCUT2D eigenvalue weighted by Crippen LogP contribution is -2.17. The van der Waals surface area contributed by atoms with Crippen LogP contribution in [0, 0.1) is 20.8 Å². The molecule has 4 heteroatoms. The highest BCUT2D eigenvalue weighted by Gasteiger charge is 2.15. The molecule has 0 spiro atoms. The molecule has 2 aromatic rings. The summed E-state index contributed by atoms with van der Waals surface area (Å²) in [5, 5.41) is 2.92. The number of rotatable bonds is 2. The van der Waals surface area contributed by atoms with Crippen LogP contribution in [0.5, 0.6) is 11.5 Å². The van der Waals surface area contributed by atoms with Crippen LogP contribution in [0.4, 0.5) is 5.69 Å². The second-order valence-electron chi connectivity index (χ2n) is 5.56. The van der Waals surface area contributed by atoms with Crippen LogP contribution in [0.2, 0.25) is 0 Å². The number of ether oxygens (including phenoxy) is 2. The minimum Gasteiger partial charge on any atom is -0.486 e. The van der Waals surface area contributed by atoms with E-state index in [0.717, 1.165) is 11.1 Å². The van der Waals surface area contributed by atoms with E-state index in [2.05, 4.69) is 5.32 Å². The molecule has 0 aromatic heterocycles. The summed E-state index contributed by atoms with van der Waals surface area (Å²) in [5.74, 6) is 1.27. The molecule has 22 heavy (non-hydrogen) atoms. The molecule has 1 N–H and O–H groups in total. The third-order valence-corrected chi connectivity index (χ3v) is 3.89. The number of carbonyl (C=O) groups is 1. The van der Waals surface area contributed by atoms with Crippen molar-refractivity contribution < 1.29 is 14.3 Å². The molecule has 0 saturated carbocycles. The normalized spacial score (nSPS) is 12.9. The zero-order chi connectivity index (χ0) is 15.7. The molecule has 0 unspecified atom stereocenters. The highest BCUT2D eigenvalue weighted by atomic mass is 16.6. The largest absolute Gasteiger partial charge is 0.486 e. The third-order valence-electron chi connectivity index (χ3n) is 3.89. The molecule has 3 rings (SSSR count). The van der Waals surface area contributed by atoms with Crippen LogP contribution in [0.25, 0.3) is 0 Å². The van der Waals surface area contributed by atoms with E-state index in [1.165, 1.54) is 5.56 Å². The van der Waals surface area contributed by atoms with Gasteiger partial charge in [-0.1, -0.05) is 6.07 Å². The number of fused-ring (bicyclic) bond motifs is 1. The van der Waals surface area contributed by atoms with Crippen molar-refractivity contribution in [3.8, 4) is 11.5 Å². The number of nitrogens with one attached hydrogen (secondary N) is 1. The molecule has 0 atom stereocenters. The number of aryl methyl sites for hydroxylation is 3. The topological polar surface area (TPSA) is 47.6 Å². The lowest BCUT2D eigenvalue weighted by Gasteiger charge is -2.19. The van der Waals surface area contributed by atoms with Crippen molar-refractivity contribution in [2.24, 2.45) is 0 Å². The van der Waals surface area contributed by atoms with Gasteiger partial charge in [-0.15, -0.1) is 0 Å². The van der Waals surface area contributed by atoms with Crippen LogP contribution in [-0.4, -0.2) is 19.1 Å². The van der Waals surface area contributed by atoms with Gasteiger partial charge in [0.2, 0.25) is 0 Å². The molecule has 1 heterocycles. The number of benzene rings is 2. The number of anilines is 1. The average Bonchev–Trinajstić information content (AvgIpc) is 2.50. The van der Waals surface area contributed by atoms with Crippen molar-refractivity contribution in [3.05, 3.63) is 52.6 Å². The molecule has 114 valence electrons. The molecule has 0 radical (unpaired) electrons. The standard InChI is InChI=1S/C18H19NO3/c1-11-8-13(3)15(9-12(11)2)18(20)19-14-4-5-16-17(10-14)22-7-6-21-16/h4-5,8-10H,6-7H2,1-3H3,(H,19,20). The summed E-state index contributed by atoms with van der Waals surface area (Å²) in [6.45, 7) is 7.09. The Morgan fingerprint density at radius 1 is 0.909 bits per heavy atom. The molecule has 0 bridgehead atoms. The molecule has 1 aliphatic heterocycles. The van der Waals surface area contributed by atoms with Crippen LogP contribution < -0.4 is 14.8 Å².